The lowest BCUT2D eigenvalue weighted by molar-refractivity contribution is 0.311. The Morgan fingerprint density at radius 2 is 2.14 bits per heavy atom. The molecule has 0 bridgehead atoms. The number of thiophene rings is 1. The van der Waals surface area contributed by atoms with E-state index in [0.29, 0.717) is 12.5 Å². The number of aromatic nitrogens is 2. The summed E-state index contributed by atoms with van der Waals surface area (Å²) in [6.45, 7) is 2.66. The van der Waals surface area contributed by atoms with Crippen molar-refractivity contribution in [1.29, 1.82) is 0 Å². The molecule has 0 radical (unpaired) electrons. The second-order valence-electron chi connectivity index (χ2n) is 4.86. The molecular weight excluding hydrogens is 296 g/mol. The highest BCUT2D eigenvalue weighted by Gasteiger charge is 2.09. The van der Waals surface area contributed by atoms with Crippen LogP contribution < -0.4 is 10.6 Å². The minimum Gasteiger partial charge on any atom is -0.395 e. The molecule has 0 unspecified atom stereocenters. The van der Waals surface area contributed by atoms with Crippen LogP contribution in [-0.2, 0) is 6.42 Å². The second kappa shape index (κ2) is 6.72. The van der Waals surface area contributed by atoms with Crippen LogP contribution in [0.4, 0.5) is 17.5 Å². The molecule has 0 aliphatic carbocycles. The first kappa shape index (κ1) is 14.7. The summed E-state index contributed by atoms with van der Waals surface area (Å²) in [4.78, 5) is 9.07. The molecule has 22 heavy (non-hydrogen) atoms. The zero-order valence-corrected chi connectivity index (χ0v) is 13.2. The summed E-state index contributed by atoms with van der Waals surface area (Å²) in [5.74, 6) is 1.31. The third-order valence-electron chi connectivity index (χ3n) is 3.30. The predicted octanol–water partition coefficient (Wildman–Crippen LogP) is 3.40. The Hall–Kier alpha value is -2.18. The van der Waals surface area contributed by atoms with Gasteiger partial charge in [0, 0.05) is 12.2 Å². The van der Waals surface area contributed by atoms with Gasteiger partial charge in [0.05, 0.1) is 16.8 Å². The third kappa shape index (κ3) is 3.18. The quantitative estimate of drug-likeness (QED) is 0.650. The fourth-order valence-corrected chi connectivity index (χ4v) is 3.01. The fraction of sp³-hybridized carbons (Fsp3) is 0.250. The SMILES string of the molecule is CCc1cccc(Nc2nc(NCCO)c3sccc3n2)c1. The van der Waals surface area contributed by atoms with Crippen LogP contribution in [0.3, 0.4) is 0 Å². The maximum atomic E-state index is 8.99. The summed E-state index contributed by atoms with van der Waals surface area (Å²) >= 11 is 1.59. The van der Waals surface area contributed by atoms with Crippen LogP contribution >= 0.6 is 11.3 Å². The molecule has 0 atom stereocenters. The van der Waals surface area contributed by atoms with Crippen LogP contribution in [0.25, 0.3) is 10.2 Å². The van der Waals surface area contributed by atoms with Crippen LogP contribution in [0.1, 0.15) is 12.5 Å². The highest BCUT2D eigenvalue weighted by molar-refractivity contribution is 7.17. The van der Waals surface area contributed by atoms with Crippen LogP contribution in [0.5, 0.6) is 0 Å². The van der Waals surface area contributed by atoms with E-state index in [1.165, 1.54) is 5.56 Å². The van der Waals surface area contributed by atoms with Crippen molar-refractivity contribution in [3.8, 4) is 0 Å². The summed E-state index contributed by atoms with van der Waals surface area (Å²) in [5, 5.41) is 17.4. The molecular formula is C16H18N4OS. The number of nitrogens with one attached hydrogen (secondary N) is 2. The topological polar surface area (TPSA) is 70.1 Å². The van der Waals surface area contributed by atoms with E-state index in [9.17, 15) is 0 Å². The number of hydrogen-bond acceptors (Lipinski definition) is 6. The van der Waals surface area contributed by atoms with E-state index in [-0.39, 0.29) is 6.61 Å². The summed E-state index contributed by atoms with van der Waals surface area (Å²) < 4.78 is 1.00. The van der Waals surface area contributed by atoms with Crippen LogP contribution in [0.15, 0.2) is 35.7 Å². The Balaban J connectivity index is 1.92. The average molecular weight is 314 g/mol. The van der Waals surface area contributed by atoms with Gasteiger partial charge in [-0.25, -0.2) is 4.98 Å². The molecule has 0 aliphatic heterocycles. The van der Waals surface area contributed by atoms with Gasteiger partial charge >= 0.3 is 0 Å². The van der Waals surface area contributed by atoms with Crippen molar-refractivity contribution < 1.29 is 5.11 Å². The van der Waals surface area contributed by atoms with Crippen molar-refractivity contribution >= 4 is 39.0 Å². The van der Waals surface area contributed by atoms with Gasteiger partial charge in [-0.3, -0.25) is 0 Å². The van der Waals surface area contributed by atoms with Crippen molar-refractivity contribution in [2.75, 3.05) is 23.8 Å². The Morgan fingerprint density at radius 3 is 2.95 bits per heavy atom. The molecule has 0 fully saturated rings. The number of aliphatic hydroxyl groups is 1. The molecule has 0 amide bonds. The van der Waals surface area contributed by atoms with Crippen molar-refractivity contribution in [3.05, 3.63) is 41.3 Å². The number of nitrogens with zero attached hydrogens (tertiary/aromatic N) is 2. The number of aliphatic hydroxyl groups excluding tert-OH is 1. The van der Waals surface area contributed by atoms with Gasteiger partial charge in [-0.1, -0.05) is 19.1 Å². The Labute approximate surface area is 133 Å². The molecule has 1 aromatic carbocycles. The molecule has 6 heteroatoms. The minimum atomic E-state index is 0.0676. The van der Waals surface area contributed by atoms with Gasteiger partial charge in [0.2, 0.25) is 5.95 Å². The number of anilines is 3. The fourth-order valence-electron chi connectivity index (χ4n) is 2.21. The van der Waals surface area contributed by atoms with Crippen molar-refractivity contribution in [3.63, 3.8) is 0 Å². The lowest BCUT2D eigenvalue weighted by Gasteiger charge is -2.10. The molecule has 5 nitrogen and oxygen atoms in total. The first-order valence-electron chi connectivity index (χ1n) is 7.26. The second-order valence-corrected chi connectivity index (χ2v) is 5.78. The summed E-state index contributed by atoms with van der Waals surface area (Å²) in [6, 6.07) is 10.2. The smallest absolute Gasteiger partial charge is 0.229 e. The number of benzene rings is 1. The predicted molar refractivity (Wildman–Crippen MR) is 92.1 cm³/mol. The molecule has 114 valence electrons. The highest BCUT2D eigenvalue weighted by Crippen LogP contribution is 2.28. The van der Waals surface area contributed by atoms with Crippen molar-refractivity contribution in [1.82, 2.24) is 9.97 Å². The van der Waals surface area contributed by atoms with E-state index in [0.717, 1.165) is 28.1 Å². The number of aryl methyl sites for hydroxylation is 1. The third-order valence-corrected chi connectivity index (χ3v) is 4.21. The zero-order valence-electron chi connectivity index (χ0n) is 12.3. The van der Waals surface area contributed by atoms with Crippen LogP contribution in [0.2, 0.25) is 0 Å². The molecule has 3 aromatic rings. The largest absolute Gasteiger partial charge is 0.395 e. The van der Waals surface area contributed by atoms with E-state index >= 15 is 0 Å². The molecule has 2 heterocycles. The van der Waals surface area contributed by atoms with Gasteiger partial charge in [-0.05, 0) is 35.6 Å². The van der Waals surface area contributed by atoms with E-state index in [2.05, 4.69) is 39.7 Å². The normalized spacial score (nSPS) is 10.8. The number of fused-ring (bicyclic) bond motifs is 1. The molecule has 2 aromatic heterocycles. The standard InChI is InChI=1S/C16H18N4OS/c1-2-11-4-3-5-12(10-11)18-16-19-13-6-9-22-14(13)15(20-16)17-7-8-21/h3-6,9-10,21H,2,7-8H2,1H3,(H2,17,18,19,20). The van der Waals surface area contributed by atoms with E-state index in [1.54, 1.807) is 11.3 Å². The Bertz CT molecular complexity index is 772. The van der Waals surface area contributed by atoms with Crippen LogP contribution in [0, 0.1) is 0 Å². The van der Waals surface area contributed by atoms with Gasteiger partial charge in [0.25, 0.3) is 0 Å². The maximum Gasteiger partial charge on any atom is 0.229 e. The van der Waals surface area contributed by atoms with Gasteiger partial charge in [-0.15, -0.1) is 11.3 Å². The summed E-state index contributed by atoms with van der Waals surface area (Å²) in [7, 11) is 0. The summed E-state index contributed by atoms with van der Waals surface area (Å²) in [6.07, 6.45) is 0.989. The highest BCUT2D eigenvalue weighted by atomic mass is 32.1. The maximum absolute atomic E-state index is 8.99. The first-order chi connectivity index (χ1) is 10.8. The Morgan fingerprint density at radius 1 is 1.23 bits per heavy atom. The van der Waals surface area contributed by atoms with E-state index in [1.807, 2.05) is 23.6 Å². The monoisotopic (exact) mass is 314 g/mol. The molecule has 3 rings (SSSR count). The van der Waals surface area contributed by atoms with Gasteiger partial charge in [-0.2, -0.15) is 4.98 Å². The lowest BCUT2D eigenvalue weighted by atomic mass is 10.1. The van der Waals surface area contributed by atoms with Crippen molar-refractivity contribution in [2.45, 2.75) is 13.3 Å². The van der Waals surface area contributed by atoms with Crippen LogP contribution in [-0.4, -0.2) is 28.2 Å². The van der Waals surface area contributed by atoms with Gasteiger partial charge in [0.1, 0.15) is 5.82 Å². The van der Waals surface area contributed by atoms with E-state index in [4.69, 9.17) is 5.11 Å². The lowest BCUT2D eigenvalue weighted by Crippen LogP contribution is -2.08. The minimum absolute atomic E-state index is 0.0676. The zero-order chi connectivity index (χ0) is 15.4. The molecule has 3 N–H and O–H groups in total. The number of hydrogen-bond donors (Lipinski definition) is 3. The first-order valence-corrected chi connectivity index (χ1v) is 8.14. The van der Waals surface area contributed by atoms with Gasteiger partial charge in [0.15, 0.2) is 0 Å². The van der Waals surface area contributed by atoms with Crippen molar-refractivity contribution in [2.24, 2.45) is 0 Å². The van der Waals surface area contributed by atoms with E-state index < -0.39 is 0 Å². The molecule has 0 saturated carbocycles. The molecule has 0 aliphatic rings. The summed E-state index contributed by atoms with van der Waals surface area (Å²) in [5.41, 5.74) is 3.14. The van der Waals surface area contributed by atoms with Gasteiger partial charge < -0.3 is 15.7 Å². The average Bonchev–Trinajstić information content (AvgIpc) is 3.01. The molecule has 0 saturated heterocycles. The Kier molecular flexibility index (Phi) is 4.50. The molecule has 0 spiro atoms. The number of rotatable bonds is 6.